The number of carbonyl (C=O) groups excluding carboxylic acids is 2. The molecule has 0 aromatic carbocycles. The quantitative estimate of drug-likeness (QED) is 0.321. The number of esters is 2. The van der Waals surface area contributed by atoms with Crippen molar-refractivity contribution < 1.29 is 48.3 Å². The van der Waals surface area contributed by atoms with Crippen LogP contribution in [0.4, 0.5) is 0 Å². The number of carbonyl (C=O) groups is 4. The fourth-order valence-corrected chi connectivity index (χ4v) is 2.56. The summed E-state index contributed by atoms with van der Waals surface area (Å²) in [5.41, 5.74) is -1.52. The largest absolute Gasteiger partial charge is 0.478 e. The van der Waals surface area contributed by atoms with E-state index in [0.29, 0.717) is 12.2 Å². The Hall–Kier alpha value is -3.05. The second-order valence-corrected chi connectivity index (χ2v) is 5.22. The molecule has 0 aliphatic carbocycles. The van der Waals surface area contributed by atoms with Crippen LogP contribution in [0, 0.1) is 0 Å². The number of hydrogen-bond acceptors (Lipinski definition) is 9. The fourth-order valence-electron chi connectivity index (χ4n) is 2.56. The standard InChI is InChI=1S/C15H15NO10/c1-16-15-9(26-13(22)5-3-11(19)20)7-23-14(15)8(6-24-15)25-12(21)4-2-10(17)18/h2-5,8-9,14H,1,6-7H2,(H,17,18)(H,19,20)/b4-2-,5-3-/t8-,9-,14-,15-/m1/s1. The van der Waals surface area contributed by atoms with E-state index in [2.05, 4.69) is 11.7 Å². The molecule has 0 amide bonds. The normalized spacial score (nSPS) is 30.2. The van der Waals surface area contributed by atoms with Crippen molar-refractivity contribution in [3.63, 3.8) is 0 Å². The van der Waals surface area contributed by atoms with Crippen LogP contribution < -0.4 is 0 Å². The Bertz CT molecular complexity index is 684. The van der Waals surface area contributed by atoms with E-state index in [0.717, 1.165) is 12.2 Å². The molecule has 0 unspecified atom stereocenters. The highest BCUT2D eigenvalue weighted by atomic mass is 16.7. The van der Waals surface area contributed by atoms with Gasteiger partial charge in [-0.3, -0.25) is 4.99 Å². The Kier molecular flexibility index (Phi) is 5.85. The molecule has 0 radical (unpaired) electrons. The van der Waals surface area contributed by atoms with Crippen LogP contribution in [0.2, 0.25) is 0 Å². The van der Waals surface area contributed by atoms with E-state index in [4.69, 9.17) is 29.2 Å². The molecule has 2 rings (SSSR count). The van der Waals surface area contributed by atoms with Crippen LogP contribution in [-0.2, 0) is 38.1 Å². The van der Waals surface area contributed by atoms with Crippen molar-refractivity contribution >= 4 is 30.6 Å². The molecule has 0 saturated carbocycles. The first-order chi connectivity index (χ1) is 12.3. The maximum absolute atomic E-state index is 11.7. The van der Waals surface area contributed by atoms with Crippen molar-refractivity contribution in [2.45, 2.75) is 24.0 Å². The fraction of sp³-hybridized carbons (Fsp3) is 0.400. The number of nitrogens with zero attached hydrogens (tertiary/aromatic N) is 1. The summed E-state index contributed by atoms with van der Waals surface area (Å²) in [6.45, 7) is 3.10. The smallest absolute Gasteiger partial charge is 0.331 e. The molecule has 11 nitrogen and oxygen atoms in total. The van der Waals surface area contributed by atoms with Crippen molar-refractivity contribution in [1.29, 1.82) is 0 Å². The Balaban J connectivity index is 2.05. The summed E-state index contributed by atoms with van der Waals surface area (Å²) < 4.78 is 21.1. The molecule has 2 aliphatic rings. The van der Waals surface area contributed by atoms with Gasteiger partial charge < -0.3 is 29.2 Å². The van der Waals surface area contributed by atoms with E-state index in [1.54, 1.807) is 0 Å². The van der Waals surface area contributed by atoms with Gasteiger partial charge in [0.05, 0.1) is 13.2 Å². The molecule has 2 aliphatic heterocycles. The van der Waals surface area contributed by atoms with Gasteiger partial charge in [0.1, 0.15) is 0 Å². The summed E-state index contributed by atoms with van der Waals surface area (Å²) in [4.78, 5) is 47.9. The van der Waals surface area contributed by atoms with Crippen LogP contribution >= 0.6 is 0 Å². The minimum absolute atomic E-state index is 0.143. The summed E-state index contributed by atoms with van der Waals surface area (Å²) in [5, 5.41) is 17.0. The maximum Gasteiger partial charge on any atom is 0.331 e. The first-order valence-electron chi connectivity index (χ1n) is 7.25. The van der Waals surface area contributed by atoms with Gasteiger partial charge in [-0.15, -0.1) is 0 Å². The lowest BCUT2D eigenvalue weighted by molar-refractivity contribution is -0.155. The third kappa shape index (κ3) is 4.13. The molecule has 26 heavy (non-hydrogen) atoms. The highest BCUT2D eigenvalue weighted by molar-refractivity contribution is 5.91. The second-order valence-electron chi connectivity index (χ2n) is 5.22. The Morgan fingerprint density at radius 3 is 2.12 bits per heavy atom. The summed E-state index contributed by atoms with van der Waals surface area (Å²) in [7, 11) is 0. The molecule has 0 aromatic heterocycles. The van der Waals surface area contributed by atoms with E-state index in [1.807, 2.05) is 0 Å². The summed E-state index contributed by atoms with van der Waals surface area (Å²) in [6.07, 6.45) is -0.213. The van der Waals surface area contributed by atoms with Gasteiger partial charge in [-0.1, -0.05) is 0 Å². The first-order valence-corrected chi connectivity index (χ1v) is 7.25. The number of carboxylic acid groups (broad SMARTS) is 2. The molecule has 0 spiro atoms. The monoisotopic (exact) mass is 369 g/mol. The van der Waals surface area contributed by atoms with Crippen molar-refractivity contribution in [3.05, 3.63) is 24.3 Å². The van der Waals surface area contributed by atoms with E-state index in [-0.39, 0.29) is 13.2 Å². The molecule has 2 fully saturated rings. The number of carboxylic acids is 2. The lowest BCUT2D eigenvalue weighted by atomic mass is 10.0. The van der Waals surface area contributed by atoms with E-state index in [1.165, 1.54) is 0 Å². The van der Waals surface area contributed by atoms with E-state index >= 15 is 0 Å². The molecule has 0 aromatic rings. The minimum Gasteiger partial charge on any atom is -0.478 e. The minimum atomic E-state index is -1.52. The highest BCUT2D eigenvalue weighted by Gasteiger charge is 2.63. The number of aliphatic imine (C=N–C) groups is 1. The van der Waals surface area contributed by atoms with Crippen LogP contribution in [0.5, 0.6) is 0 Å². The highest BCUT2D eigenvalue weighted by Crippen LogP contribution is 2.41. The van der Waals surface area contributed by atoms with Gasteiger partial charge in [-0.25, -0.2) is 19.2 Å². The average Bonchev–Trinajstić information content (AvgIpc) is 3.10. The molecule has 0 bridgehead atoms. The van der Waals surface area contributed by atoms with Crippen LogP contribution in [0.25, 0.3) is 0 Å². The van der Waals surface area contributed by atoms with Crippen molar-refractivity contribution in [3.8, 4) is 0 Å². The molecule has 2 heterocycles. The SMILES string of the molecule is C=N[C@]12OC[C@@H](OC(=O)/C=C\C(=O)O)[C@H]1OC[C@H]2OC(=O)/C=C\C(=O)O. The molecule has 2 N–H and O–H groups in total. The van der Waals surface area contributed by atoms with Gasteiger partial charge in [-0.2, -0.15) is 0 Å². The van der Waals surface area contributed by atoms with Gasteiger partial charge in [0, 0.05) is 24.3 Å². The molecule has 11 heteroatoms. The number of aliphatic carboxylic acids is 2. The molecule has 140 valence electrons. The summed E-state index contributed by atoms with van der Waals surface area (Å²) in [6, 6.07) is 0. The van der Waals surface area contributed by atoms with Gasteiger partial charge >= 0.3 is 23.9 Å². The number of fused-ring (bicyclic) bond motifs is 1. The van der Waals surface area contributed by atoms with Crippen molar-refractivity contribution in [2.24, 2.45) is 4.99 Å². The van der Waals surface area contributed by atoms with Crippen LogP contribution in [0.15, 0.2) is 29.3 Å². The zero-order valence-electron chi connectivity index (χ0n) is 13.3. The van der Waals surface area contributed by atoms with Gasteiger partial charge in [-0.05, 0) is 6.72 Å². The van der Waals surface area contributed by atoms with Crippen molar-refractivity contribution in [2.75, 3.05) is 13.2 Å². The average molecular weight is 369 g/mol. The molecule has 4 atom stereocenters. The number of ether oxygens (including phenoxy) is 4. The predicted octanol–water partition coefficient (Wildman–Crippen LogP) is -1.08. The lowest BCUT2D eigenvalue weighted by Crippen LogP contribution is -2.47. The summed E-state index contributed by atoms with van der Waals surface area (Å²) >= 11 is 0. The molecular weight excluding hydrogens is 354 g/mol. The zero-order chi connectivity index (χ0) is 19.3. The molecular formula is C15H15NO10. The predicted molar refractivity (Wildman–Crippen MR) is 81.3 cm³/mol. The van der Waals surface area contributed by atoms with Crippen LogP contribution in [0.3, 0.4) is 0 Å². The Morgan fingerprint density at radius 2 is 1.58 bits per heavy atom. The summed E-state index contributed by atoms with van der Waals surface area (Å²) in [5.74, 6) is -4.50. The lowest BCUT2D eigenvalue weighted by Gasteiger charge is -2.27. The van der Waals surface area contributed by atoms with E-state index in [9.17, 15) is 19.2 Å². The Morgan fingerprint density at radius 1 is 1.00 bits per heavy atom. The number of hydrogen-bond donors (Lipinski definition) is 2. The third-order valence-corrected chi connectivity index (χ3v) is 3.61. The number of rotatable bonds is 7. The topological polar surface area (TPSA) is 158 Å². The van der Waals surface area contributed by atoms with E-state index < -0.39 is 47.9 Å². The molecule has 2 saturated heterocycles. The zero-order valence-corrected chi connectivity index (χ0v) is 13.3. The van der Waals surface area contributed by atoms with Gasteiger partial charge in [0.15, 0.2) is 18.3 Å². The second kappa shape index (κ2) is 7.89. The van der Waals surface area contributed by atoms with Crippen LogP contribution in [0.1, 0.15) is 0 Å². The first kappa shape index (κ1) is 19.3. The Labute approximate surface area is 146 Å². The maximum atomic E-state index is 11.7. The van der Waals surface area contributed by atoms with Crippen molar-refractivity contribution in [1.82, 2.24) is 0 Å². The third-order valence-electron chi connectivity index (χ3n) is 3.61. The van der Waals surface area contributed by atoms with Gasteiger partial charge in [0.2, 0.25) is 5.72 Å². The van der Waals surface area contributed by atoms with Crippen LogP contribution in [-0.4, -0.2) is 78.1 Å². The van der Waals surface area contributed by atoms with Gasteiger partial charge in [0.25, 0.3) is 0 Å².